The second-order valence-electron chi connectivity index (χ2n) is 5.86. The Morgan fingerprint density at radius 1 is 1.15 bits per heavy atom. The van der Waals surface area contributed by atoms with Crippen LogP contribution in [0.1, 0.15) is 0 Å². The molecule has 0 atom stereocenters. The number of halogens is 3. The van der Waals surface area contributed by atoms with Crippen molar-refractivity contribution in [2.24, 2.45) is 5.92 Å². The second-order valence-corrected chi connectivity index (χ2v) is 6.73. The van der Waals surface area contributed by atoms with Gasteiger partial charge >= 0.3 is 0 Å². The molecule has 1 fully saturated rings. The van der Waals surface area contributed by atoms with Crippen LogP contribution < -0.4 is 10.1 Å². The topological polar surface area (TPSA) is 58.6 Å². The zero-order valence-electron chi connectivity index (χ0n) is 13.5. The first-order valence-electron chi connectivity index (χ1n) is 7.84. The Hall–Kier alpha value is -2.31. The largest absolute Gasteiger partial charge is 0.481 e. The third-order valence-electron chi connectivity index (χ3n) is 3.92. The van der Waals surface area contributed by atoms with Gasteiger partial charge in [-0.05, 0) is 30.3 Å². The Labute approximate surface area is 159 Å². The Kier molecular flexibility index (Phi) is 5.64. The number of ether oxygens (including phenoxy) is 1. The molecule has 1 N–H and O–H groups in total. The molecule has 0 unspecified atom stereocenters. The third kappa shape index (κ3) is 4.45. The van der Waals surface area contributed by atoms with E-state index >= 15 is 0 Å². The van der Waals surface area contributed by atoms with Crippen molar-refractivity contribution in [3.05, 3.63) is 58.3 Å². The van der Waals surface area contributed by atoms with Gasteiger partial charge in [-0.15, -0.1) is 0 Å². The summed E-state index contributed by atoms with van der Waals surface area (Å²) in [5.41, 5.74) is 0.500. The molecule has 2 amide bonds. The Balaban J connectivity index is 1.46. The van der Waals surface area contributed by atoms with E-state index in [1.54, 1.807) is 24.3 Å². The molecule has 0 saturated carbocycles. The van der Waals surface area contributed by atoms with Crippen molar-refractivity contribution in [2.75, 3.05) is 25.0 Å². The molecule has 3 rings (SSSR count). The summed E-state index contributed by atoms with van der Waals surface area (Å²) in [5.74, 6) is -1.36. The van der Waals surface area contributed by atoms with Crippen molar-refractivity contribution in [3.63, 3.8) is 0 Å². The van der Waals surface area contributed by atoms with Crippen LogP contribution in [-0.2, 0) is 9.59 Å². The molecule has 26 heavy (non-hydrogen) atoms. The van der Waals surface area contributed by atoms with Crippen LogP contribution in [0.5, 0.6) is 5.75 Å². The minimum Gasteiger partial charge on any atom is -0.481 e. The first kappa shape index (κ1) is 18.5. The highest BCUT2D eigenvalue weighted by atomic mass is 35.5. The van der Waals surface area contributed by atoms with E-state index < -0.39 is 5.82 Å². The van der Waals surface area contributed by atoms with Crippen molar-refractivity contribution in [1.29, 1.82) is 0 Å². The van der Waals surface area contributed by atoms with E-state index in [1.807, 2.05) is 0 Å². The van der Waals surface area contributed by atoms with Gasteiger partial charge in [-0.3, -0.25) is 9.59 Å². The SMILES string of the molecule is O=C(Nc1cc(Cl)cc(Cl)c1)C1CN(C(=O)COc2ccccc2F)C1. The van der Waals surface area contributed by atoms with Crippen LogP contribution in [0.3, 0.4) is 0 Å². The molecule has 1 heterocycles. The van der Waals surface area contributed by atoms with Crippen molar-refractivity contribution in [2.45, 2.75) is 0 Å². The number of carbonyl (C=O) groups is 2. The van der Waals surface area contributed by atoms with E-state index in [-0.39, 0.29) is 43.2 Å². The lowest BCUT2D eigenvalue weighted by Crippen LogP contribution is -2.55. The zero-order valence-corrected chi connectivity index (χ0v) is 15.1. The minimum absolute atomic E-state index is 0.0218. The number of anilines is 1. The number of hydrogen-bond acceptors (Lipinski definition) is 3. The second kappa shape index (κ2) is 7.93. The van der Waals surface area contributed by atoms with E-state index in [0.29, 0.717) is 15.7 Å². The summed E-state index contributed by atoms with van der Waals surface area (Å²) in [6.07, 6.45) is 0. The predicted molar refractivity (Wildman–Crippen MR) is 97.1 cm³/mol. The van der Waals surface area contributed by atoms with Crippen molar-refractivity contribution in [1.82, 2.24) is 4.90 Å². The fraction of sp³-hybridized carbons (Fsp3) is 0.222. The monoisotopic (exact) mass is 396 g/mol. The number of likely N-dealkylation sites (tertiary alicyclic amines) is 1. The summed E-state index contributed by atoms with van der Waals surface area (Å²) < 4.78 is 18.6. The van der Waals surface area contributed by atoms with Gasteiger partial charge in [-0.25, -0.2) is 4.39 Å². The molecule has 0 aromatic heterocycles. The summed E-state index contributed by atoms with van der Waals surface area (Å²) in [6, 6.07) is 10.6. The number of nitrogens with zero attached hydrogens (tertiary/aromatic N) is 1. The molecule has 0 spiro atoms. The highest BCUT2D eigenvalue weighted by Crippen LogP contribution is 2.24. The summed E-state index contributed by atoms with van der Waals surface area (Å²) >= 11 is 11.8. The molecule has 8 heteroatoms. The van der Waals surface area contributed by atoms with Crippen LogP contribution in [0.25, 0.3) is 0 Å². The van der Waals surface area contributed by atoms with Crippen LogP contribution in [0.15, 0.2) is 42.5 Å². The molecular weight excluding hydrogens is 382 g/mol. The number of hydrogen-bond donors (Lipinski definition) is 1. The average molecular weight is 397 g/mol. The van der Waals surface area contributed by atoms with Crippen LogP contribution in [0.4, 0.5) is 10.1 Å². The fourth-order valence-corrected chi connectivity index (χ4v) is 3.04. The molecular formula is C18H15Cl2FN2O3. The standard InChI is InChI=1S/C18H15Cl2FN2O3/c19-12-5-13(20)7-14(6-12)22-18(25)11-8-23(9-11)17(24)10-26-16-4-2-1-3-15(16)21/h1-7,11H,8-10H2,(H,22,25). The normalized spacial score (nSPS) is 13.9. The van der Waals surface area contributed by atoms with E-state index in [0.717, 1.165) is 0 Å². The average Bonchev–Trinajstić information content (AvgIpc) is 2.51. The molecule has 0 aliphatic carbocycles. The maximum Gasteiger partial charge on any atom is 0.260 e. The number of benzene rings is 2. The van der Waals surface area contributed by atoms with Gasteiger partial charge in [0.1, 0.15) is 0 Å². The molecule has 1 aliphatic rings. The first-order chi connectivity index (χ1) is 12.4. The van der Waals surface area contributed by atoms with Gasteiger partial charge in [0.25, 0.3) is 5.91 Å². The smallest absolute Gasteiger partial charge is 0.260 e. The Morgan fingerprint density at radius 2 is 1.81 bits per heavy atom. The van der Waals surface area contributed by atoms with E-state index in [2.05, 4.69) is 5.32 Å². The molecule has 2 aromatic carbocycles. The highest BCUT2D eigenvalue weighted by molar-refractivity contribution is 6.35. The van der Waals surface area contributed by atoms with Crippen LogP contribution in [-0.4, -0.2) is 36.4 Å². The summed E-state index contributed by atoms with van der Waals surface area (Å²) in [5, 5.41) is 3.56. The lowest BCUT2D eigenvalue weighted by molar-refractivity contribution is -0.143. The Bertz CT molecular complexity index is 821. The van der Waals surface area contributed by atoms with Crippen molar-refractivity contribution < 1.29 is 18.7 Å². The molecule has 136 valence electrons. The lowest BCUT2D eigenvalue weighted by atomic mass is 9.99. The summed E-state index contributed by atoms with van der Waals surface area (Å²) in [4.78, 5) is 25.7. The van der Waals surface area contributed by atoms with Crippen molar-refractivity contribution >= 4 is 40.7 Å². The predicted octanol–water partition coefficient (Wildman–Crippen LogP) is 3.61. The van der Waals surface area contributed by atoms with Gasteiger partial charge in [0.2, 0.25) is 5.91 Å². The quantitative estimate of drug-likeness (QED) is 0.839. The number of amides is 2. The van der Waals surface area contributed by atoms with Crippen molar-refractivity contribution in [3.8, 4) is 5.75 Å². The van der Waals surface area contributed by atoms with Gasteiger partial charge in [-0.1, -0.05) is 35.3 Å². The molecule has 5 nitrogen and oxygen atoms in total. The molecule has 1 saturated heterocycles. The lowest BCUT2D eigenvalue weighted by Gasteiger charge is -2.38. The molecule has 0 radical (unpaired) electrons. The van der Waals surface area contributed by atoms with Gasteiger partial charge in [0.15, 0.2) is 18.2 Å². The number of para-hydroxylation sites is 1. The van der Waals surface area contributed by atoms with E-state index in [9.17, 15) is 14.0 Å². The fourth-order valence-electron chi connectivity index (χ4n) is 2.51. The third-order valence-corrected chi connectivity index (χ3v) is 4.36. The molecule has 0 bridgehead atoms. The van der Waals surface area contributed by atoms with Crippen LogP contribution >= 0.6 is 23.2 Å². The minimum atomic E-state index is -0.527. The van der Waals surface area contributed by atoms with E-state index in [1.165, 1.54) is 23.1 Å². The number of rotatable bonds is 5. The van der Waals surface area contributed by atoms with Crippen LogP contribution in [0.2, 0.25) is 10.0 Å². The summed E-state index contributed by atoms with van der Waals surface area (Å²) in [7, 11) is 0. The maximum absolute atomic E-state index is 13.4. The van der Waals surface area contributed by atoms with Gasteiger partial charge < -0.3 is 15.0 Å². The first-order valence-corrected chi connectivity index (χ1v) is 8.60. The maximum atomic E-state index is 13.4. The molecule has 1 aliphatic heterocycles. The highest BCUT2D eigenvalue weighted by Gasteiger charge is 2.35. The molecule has 2 aromatic rings. The number of carbonyl (C=O) groups excluding carboxylic acids is 2. The zero-order chi connectivity index (χ0) is 18.7. The summed E-state index contributed by atoms with van der Waals surface area (Å²) in [6.45, 7) is 0.276. The number of nitrogens with one attached hydrogen (secondary N) is 1. The Morgan fingerprint density at radius 3 is 2.46 bits per heavy atom. The van der Waals surface area contributed by atoms with Gasteiger partial charge in [-0.2, -0.15) is 0 Å². The van der Waals surface area contributed by atoms with Crippen LogP contribution in [0, 0.1) is 11.7 Å². The van der Waals surface area contributed by atoms with E-state index in [4.69, 9.17) is 27.9 Å². The van der Waals surface area contributed by atoms with Gasteiger partial charge in [0.05, 0.1) is 5.92 Å². The van der Waals surface area contributed by atoms with Gasteiger partial charge in [0, 0.05) is 28.8 Å².